The van der Waals surface area contributed by atoms with Gasteiger partial charge in [-0.05, 0) is 36.2 Å². The van der Waals surface area contributed by atoms with Gasteiger partial charge in [0.15, 0.2) is 0 Å². The van der Waals surface area contributed by atoms with Crippen LogP contribution in [0.4, 0.5) is 15.2 Å². The van der Waals surface area contributed by atoms with Gasteiger partial charge < -0.3 is 5.11 Å². The van der Waals surface area contributed by atoms with Gasteiger partial charge >= 0.3 is 5.91 Å². The zero-order valence-corrected chi connectivity index (χ0v) is 17.4. The summed E-state index contributed by atoms with van der Waals surface area (Å²) in [6, 6.07) is 8.99. The van der Waals surface area contributed by atoms with Gasteiger partial charge in [0, 0.05) is 17.7 Å². The van der Waals surface area contributed by atoms with Crippen molar-refractivity contribution >= 4 is 39.6 Å². The number of amides is 1. The molecule has 1 aromatic heterocycles. The summed E-state index contributed by atoms with van der Waals surface area (Å²) in [7, 11) is 0. The minimum Gasteiger partial charge on any atom is -0.507 e. The van der Waals surface area contributed by atoms with E-state index in [4.69, 9.17) is 0 Å². The van der Waals surface area contributed by atoms with Crippen molar-refractivity contribution in [1.29, 1.82) is 0 Å². The van der Waals surface area contributed by atoms with Gasteiger partial charge in [-0.1, -0.05) is 30.4 Å². The first-order valence-electron chi connectivity index (χ1n) is 9.45. The van der Waals surface area contributed by atoms with E-state index in [1.165, 1.54) is 36.4 Å². The number of anilines is 1. The summed E-state index contributed by atoms with van der Waals surface area (Å²) >= 11 is 1.10. The molecule has 0 saturated carbocycles. The van der Waals surface area contributed by atoms with E-state index in [0.29, 0.717) is 11.4 Å². The summed E-state index contributed by atoms with van der Waals surface area (Å²) in [5, 5.41) is 30.9. The van der Waals surface area contributed by atoms with Crippen LogP contribution in [0, 0.1) is 15.9 Å². The molecule has 1 saturated heterocycles. The molecule has 0 radical (unpaired) electrons. The van der Waals surface area contributed by atoms with Crippen LogP contribution in [0.25, 0.3) is 5.76 Å². The van der Waals surface area contributed by atoms with E-state index >= 15 is 0 Å². The number of nitro benzene ring substituents is 1. The number of nitrogens with zero attached hydrogens (tertiary/aromatic N) is 4. The summed E-state index contributed by atoms with van der Waals surface area (Å²) in [4.78, 5) is 37.7. The van der Waals surface area contributed by atoms with E-state index in [0.717, 1.165) is 28.4 Å². The lowest BCUT2D eigenvalue weighted by molar-refractivity contribution is -0.384. The molecule has 0 aliphatic carbocycles. The van der Waals surface area contributed by atoms with E-state index in [2.05, 4.69) is 10.2 Å². The molecule has 0 bridgehead atoms. The van der Waals surface area contributed by atoms with Crippen LogP contribution in [-0.2, 0) is 16.0 Å². The number of halogens is 1. The van der Waals surface area contributed by atoms with Crippen LogP contribution in [-0.4, -0.2) is 31.9 Å². The van der Waals surface area contributed by atoms with Crippen LogP contribution < -0.4 is 4.90 Å². The third-order valence-electron chi connectivity index (χ3n) is 4.92. The molecule has 1 aliphatic heterocycles. The average molecular weight is 454 g/mol. The second-order valence-corrected chi connectivity index (χ2v) is 7.90. The Balaban J connectivity index is 1.95. The van der Waals surface area contributed by atoms with E-state index in [-0.39, 0.29) is 27.5 Å². The fourth-order valence-corrected chi connectivity index (χ4v) is 4.21. The number of Topliss-reactive ketones (excluding diaryl/α,β-unsaturated/α-hetero) is 1. The zero-order valence-electron chi connectivity index (χ0n) is 16.6. The molecule has 11 heteroatoms. The Hall–Kier alpha value is -3.99. The molecule has 162 valence electrons. The van der Waals surface area contributed by atoms with Crippen LogP contribution in [0.3, 0.4) is 0 Å². The maximum Gasteiger partial charge on any atom is 0.301 e. The van der Waals surface area contributed by atoms with Crippen molar-refractivity contribution in [1.82, 2.24) is 10.2 Å². The number of aryl methyl sites for hydroxylation is 1. The Kier molecular flexibility index (Phi) is 5.49. The fraction of sp³-hybridized carbons (Fsp3) is 0.143. The Bertz CT molecular complexity index is 1270. The number of aliphatic hydroxyl groups is 1. The second-order valence-electron chi connectivity index (χ2n) is 6.86. The number of benzene rings is 2. The second kappa shape index (κ2) is 8.27. The van der Waals surface area contributed by atoms with Crippen LogP contribution in [0.1, 0.15) is 29.1 Å². The van der Waals surface area contributed by atoms with E-state index < -0.39 is 34.2 Å². The highest BCUT2D eigenvalue weighted by Gasteiger charge is 2.48. The van der Waals surface area contributed by atoms with Crippen molar-refractivity contribution < 1.29 is 24.0 Å². The smallest absolute Gasteiger partial charge is 0.301 e. The van der Waals surface area contributed by atoms with E-state index in [9.17, 15) is 29.2 Å². The van der Waals surface area contributed by atoms with Crippen molar-refractivity contribution in [2.45, 2.75) is 19.4 Å². The number of hydrogen-bond donors (Lipinski definition) is 1. The number of carbonyl (C=O) groups excluding carboxylic acids is 2. The van der Waals surface area contributed by atoms with E-state index in [1.54, 1.807) is 0 Å². The molecular formula is C21H15FN4O5S. The molecule has 1 fully saturated rings. The molecule has 1 atom stereocenters. The number of carbonyl (C=O) groups is 2. The molecule has 2 aromatic carbocycles. The number of rotatable bonds is 5. The molecule has 1 aliphatic rings. The summed E-state index contributed by atoms with van der Waals surface area (Å²) in [5.74, 6) is -3.01. The van der Waals surface area contributed by atoms with Crippen molar-refractivity contribution in [3.8, 4) is 0 Å². The SMILES string of the molecule is CCc1nnc(N2C(=O)C(=O)/C(=C(/O)c3ccc(F)cc3)C2c2cccc([N+](=O)[O-])c2)s1. The Labute approximate surface area is 184 Å². The molecular weight excluding hydrogens is 439 g/mol. The van der Waals surface area contributed by atoms with Gasteiger partial charge in [-0.3, -0.25) is 24.6 Å². The quantitative estimate of drug-likeness (QED) is 0.204. The standard InChI is InChI=1S/C21H15FN4O5S/c1-2-15-23-24-21(32-15)25-17(12-4-3-5-14(10-12)26(30)31)16(19(28)20(25)29)18(27)11-6-8-13(22)9-7-11/h3-10,17,27H,2H2,1H3/b18-16+. The molecule has 1 unspecified atom stereocenters. The lowest BCUT2D eigenvalue weighted by atomic mass is 9.95. The zero-order chi connectivity index (χ0) is 23.0. The van der Waals surface area contributed by atoms with Crippen molar-refractivity contribution in [2.24, 2.45) is 0 Å². The Morgan fingerprint density at radius 3 is 2.56 bits per heavy atom. The molecule has 32 heavy (non-hydrogen) atoms. The van der Waals surface area contributed by atoms with Gasteiger partial charge in [0.05, 0.1) is 16.5 Å². The minimum absolute atomic E-state index is 0.117. The molecule has 3 aromatic rings. The molecule has 2 heterocycles. The van der Waals surface area contributed by atoms with Crippen molar-refractivity contribution in [3.63, 3.8) is 0 Å². The number of aromatic nitrogens is 2. The van der Waals surface area contributed by atoms with Crippen molar-refractivity contribution in [2.75, 3.05) is 4.90 Å². The lowest BCUT2D eigenvalue weighted by Crippen LogP contribution is -2.29. The van der Waals surface area contributed by atoms with Crippen molar-refractivity contribution in [3.05, 3.63) is 86.2 Å². The topological polar surface area (TPSA) is 127 Å². The van der Waals surface area contributed by atoms with Crippen LogP contribution in [0.15, 0.2) is 54.1 Å². The van der Waals surface area contributed by atoms with Gasteiger partial charge in [-0.2, -0.15) is 0 Å². The van der Waals surface area contributed by atoms with Gasteiger partial charge in [0.1, 0.15) is 16.6 Å². The molecule has 1 amide bonds. The summed E-state index contributed by atoms with van der Waals surface area (Å²) in [5.41, 5.74) is -0.182. The summed E-state index contributed by atoms with van der Waals surface area (Å²) in [6.45, 7) is 1.85. The molecule has 1 N–H and O–H groups in total. The Morgan fingerprint density at radius 1 is 1.22 bits per heavy atom. The first-order chi connectivity index (χ1) is 15.3. The number of aliphatic hydroxyl groups excluding tert-OH is 1. The van der Waals surface area contributed by atoms with Gasteiger partial charge in [-0.25, -0.2) is 4.39 Å². The van der Waals surface area contributed by atoms with Crippen LogP contribution in [0.2, 0.25) is 0 Å². The van der Waals surface area contributed by atoms with Crippen LogP contribution in [0.5, 0.6) is 0 Å². The monoisotopic (exact) mass is 454 g/mol. The molecule has 0 spiro atoms. The first-order valence-corrected chi connectivity index (χ1v) is 10.3. The molecule has 9 nitrogen and oxygen atoms in total. The van der Waals surface area contributed by atoms with E-state index in [1.807, 2.05) is 6.92 Å². The third-order valence-corrected chi connectivity index (χ3v) is 5.99. The maximum atomic E-state index is 13.3. The number of ketones is 1. The number of non-ortho nitro benzene ring substituents is 1. The summed E-state index contributed by atoms with van der Waals surface area (Å²) in [6.07, 6.45) is 0.554. The summed E-state index contributed by atoms with van der Waals surface area (Å²) < 4.78 is 13.3. The van der Waals surface area contributed by atoms with Gasteiger partial charge in [-0.15, -0.1) is 10.2 Å². The molecule has 4 rings (SSSR count). The highest BCUT2D eigenvalue weighted by atomic mass is 32.1. The Morgan fingerprint density at radius 2 is 1.94 bits per heavy atom. The normalized spacial score (nSPS) is 17.7. The predicted octanol–water partition coefficient (Wildman–Crippen LogP) is 3.77. The highest BCUT2D eigenvalue weighted by Crippen LogP contribution is 2.43. The first kappa shape index (κ1) is 21.2. The number of nitro groups is 1. The minimum atomic E-state index is -1.18. The van der Waals surface area contributed by atoms with Gasteiger partial charge in [0.25, 0.3) is 11.5 Å². The maximum absolute atomic E-state index is 13.3. The largest absolute Gasteiger partial charge is 0.507 e. The third kappa shape index (κ3) is 3.62. The predicted molar refractivity (Wildman–Crippen MR) is 114 cm³/mol. The van der Waals surface area contributed by atoms with Gasteiger partial charge in [0.2, 0.25) is 5.13 Å². The average Bonchev–Trinajstić information content (AvgIpc) is 3.36. The highest BCUT2D eigenvalue weighted by molar-refractivity contribution is 7.15. The lowest BCUT2D eigenvalue weighted by Gasteiger charge is -2.22. The fourth-order valence-electron chi connectivity index (χ4n) is 3.40. The number of hydrogen-bond acceptors (Lipinski definition) is 8. The van der Waals surface area contributed by atoms with Crippen LogP contribution >= 0.6 is 11.3 Å².